The summed E-state index contributed by atoms with van der Waals surface area (Å²) in [5.74, 6) is 0. The molecular weight excluding hydrogens is 116 g/mol. The van der Waals surface area contributed by atoms with E-state index in [4.69, 9.17) is 0 Å². The van der Waals surface area contributed by atoms with Gasteiger partial charge in [0.2, 0.25) is 0 Å². The van der Waals surface area contributed by atoms with Crippen LogP contribution < -0.4 is 0 Å². The second-order valence-corrected chi connectivity index (χ2v) is 6.13. The lowest BCUT2D eigenvalue weighted by atomic mass is 10.2. The van der Waals surface area contributed by atoms with Crippen molar-refractivity contribution in [2.45, 2.75) is 32.0 Å². The second-order valence-electron chi connectivity index (χ2n) is 2.84. The summed E-state index contributed by atoms with van der Waals surface area (Å²) in [5.41, 5.74) is 0. The van der Waals surface area contributed by atoms with Crippen LogP contribution in [0, 0.1) is 0 Å². The van der Waals surface area contributed by atoms with Crippen LogP contribution in [0.5, 0.6) is 0 Å². The molecule has 8 heavy (non-hydrogen) atoms. The van der Waals surface area contributed by atoms with Crippen LogP contribution in [0.3, 0.4) is 0 Å². The molecule has 0 aliphatic carbocycles. The third-order valence-electron chi connectivity index (χ3n) is 1.58. The summed E-state index contributed by atoms with van der Waals surface area (Å²) in [5, 5.41) is -0.0370. The lowest BCUT2D eigenvalue weighted by Crippen LogP contribution is -2.21. The molecule has 0 rings (SSSR count). The van der Waals surface area contributed by atoms with Crippen LogP contribution in [0.2, 0.25) is 18.1 Å². The van der Waals surface area contributed by atoms with Gasteiger partial charge in [-0.15, -0.1) is 0 Å². The molecule has 0 aromatic rings. The standard InChI is InChI=1S/C6H13OSi/c1-6(2,5-7)8(3)4/h5H,1-4H3. The monoisotopic (exact) mass is 129 g/mol. The van der Waals surface area contributed by atoms with E-state index in [1.54, 1.807) is 0 Å². The van der Waals surface area contributed by atoms with E-state index in [0.717, 1.165) is 6.29 Å². The van der Waals surface area contributed by atoms with Gasteiger partial charge in [-0.1, -0.05) is 26.9 Å². The van der Waals surface area contributed by atoms with E-state index < -0.39 is 8.80 Å². The Bertz CT molecular complexity index is 86.5. The third-order valence-corrected chi connectivity index (χ3v) is 4.28. The first-order chi connectivity index (χ1) is 3.50. The van der Waals surface area contributed by atoms with Gasteiger partial charge in [-0.05, 0) is 0 Å². The molecule has 0 aromatic heterocycles. The van der Waals surface area contributed by atoms with Crippen LogP contribution in [0.4, 0.5) is 0 Å². The van der Waals surface area contributed by atoms with Crippen molar-refractivity contribution in [2.75, 3.05) is 0 Å². The molecule has 0 unspecified atom stereocenters. The predicted octanol–water partition coefficient (Wildman–Crippen LogP) is 1.72. The summed E-state index contributed by atoms with van der Waals surface area (Å²) >= 11 is 0. The van der Waals surface area contributed by atoms with Crippen molar-refractivity contribution in [2.24, 2.45) is 0 Å². The molecule has 0 fully saturated rings. The van der Waals surface area contributed by atoms with Gasteiger partial charge in [-0.25, -0.2) is 0 Å². The SMILES string of the molecule is C[Si](C)C(C)(C)C=O. The molecule has 0 saturated carbocycles. The fourth-order valence-electron chi connectivity index (χ4n) is 0.118. The summed E-state index contributed by atoms with van der Waals surface area (Å²) in [6.45, 7) is 8.29. The van der Waals surface area contributed by atoms with Gasteiger partial charge in [0.25, 0.3) is 0 Å². The van der Waals surface area contributed by atoms with Gasteiger partial charge < -0.3 is 4.79 Å². The molecule has 1 nitrogen and oxygen atoms in total. The molecular formula is C6H13OSi. The molecule has 0 spiro atoms. The van der Waals surface area contributed by atoms with E-state index in [1.165, 1.54) is 0 Å². The first kappa shape index (κ1) is 7.89. The van der Waals surface area contributed by atoms with E-state index in [2.05, 4.69) is 13.1 Å². The van der Waals surface area contributed by atoms with Gasteiger partial charge >= 0.3 is 0 Å². The van der Waals surface area contributed by atoms with Crippen molar-refractivity contribution >= 4 is 15.1 Å². The number of hydrogen-bond acceptors (Lipinski definition) is 1. The Hall–Kier alpha value is -0.113. The summed E-state index contributed by atoms with van der Waals surface area (Å²) in [6.07, 6.45) is 1.06. The summed E-state index contributed by atoms with van der Waals surface area (Å²) < 4.78 is 0. The van der Waals surface area contributed by atoms with Crippen LogP contribution >= 0.6 is 0 Å². The molecule has 2 heteroatoms. The quantitative estimate of drug-likeness (QED) is 0.410. The lowest BCUT2D eigenvalue weighted by molar-refractivity contribution is -0.109. The maximum absolute atomic E-state index is 10.3. The van der Waals surface area contributed by atoms with Gasteiger partial charge in [-0.3, -0.25) is 0 Å². The number of aldehydes is 1. The highest BCUT2D eigenvalue weighted by molar-refractivity contribution is 6.62. The Morgan fingerprint density at radius 3 is 1.75 bits per heavy atom. The number of rotatable bonds is 2. The fraction of sp³-hybridized carbons (Fsp3) is 0.833. The van der Waals surface area contributed by atoms with Crippen molar-refractivity contribution in [1.82, 2.24) is 0 Å². The minimum Gasteiger partial charge on any atom is -0.303 e. The zero-order valence-electron chi connectivity index (χ0n) is 5.99. The molecule has 0 saturated heterocycles. The first-order valence-electron chi connectivity index (χ1n) is 2.77. The van der Waals surface area contributed by atoms with Crippen LogP contribution in [0.15, 0.2) is 0 Å². The zero-order chi connectivity index (χ0) is 6.78. The van der Waals surface area contributed by atoms with Gasteiger partial charge in [0.1, 0.15) is 6.29 Å². The van der Waals surface area contributed by atoms with E-state index in [9.17, 15) is 4.79 Å². The van der Waals surface area contributed by atoms with Crippen LogP contribution in [-0.4, -0.2) is 15.1 Å². The number of hydrogen-bond donors (Lipinski definition) is 0. The highest BCUT2D eigenvalue weighted by atomic mass is 28.3. The average Bonchev–Trinajstić information content (AvgIpc) is 1.67. The Balaban J connectivity index is 3.90. The topological polar surface area (TPSA) is 17.1 Å². The number of carbonyl (C=O) groups excluding carboxylic acids is 1. The van der Waals surface area contributed by atoms with Crippen LogP contribution in [0.25, 0.3) is 0 Å². The zero-order valence-corrected chi connectivity index (χ0v) is 6.99. The van der Waals surface area contributed by atoms with Crippen molar-refractivity contribution in [3.63, 3.8) is 0 Å². The highest BCUT2D eigenvalue weighted by Gasteiger charge is 2.21. The van der Waals surface area contributed by atoms with Crippen molar-refractivity contribution < 1.29 is 4.79 Å². The van der Waals surface area contributed by atoms with Crippen LogP contribution in [0.1, 0.15) is 13.8 Å². The fourth-order valence-corrected chi connectivity index (χ4v) is 0.354. The molecule has 0 aliphatic rings. The molecule has 0 heterocycles. The summed E-state index contributed by atoms with van der Waals surface area (Å²) in [6, 6.07) is 0. The minimum absolute atomic E-state index is 0.0370. The second kappa shape index (κ2) is 2.44. The van der Waals surface area contributed by atoms with Gasteiger partial charge in [-0.2, -0.15) is 0 Å². The Morgan fingerprint density at radius 1 is 1.38 bits per heavy atom. The molecule has 0 aliphatic heterocycles. The lowest BCUT2D eigenvalue weighted by Gasteiger charge is -2.19. The minimum atomic E-state index is -0.430. The highest BCUT2D eigenvalue weighted by Crippen LogP contribution is 2.23. The Kier molecular flexibility index (Phi) is 2.41. The van der Waals surface area contributed by atoms with E-state index in [0.29, 0.717) is 0 Å². The molecule has 0 aromatic carbocycles. The van der Waals surface area contributed by atoms with E-state index in [1.807, 2.05) is 13.8 Å². The third kappa shape index (κ3) is 1.78. The molecule has 0 N–H and O–H groups in total. The molecule has 0 atom stereocenters. The van der Waals surface area contributed by atoms with Crippen molar-refractivity contribution in [3.05, 3.63) is 0 Å². The normalized spacial score (nSPS) is 12.1. The first-order valence-corrected chi connectivity index (χ1v) is 5.27. The number of carbonyl (C=O) groups is 1. The summed E-state index contributed by atoms with van der Waals surface area (Å²) in [4.78, 5) is 10.3. The predicted molar refractivity (Wildman–Crippen MR) is 37.6 cm³/mol. The van der Waals surface area contributed by atoms with Gasteiger partial charge in [0.05, 0.1) is 8.80 Å². The molecule has 0 bridgehead atoms. The maximum atomic E-state index is 10.3. The average molecular weight is 129 g/mol. The van der Waals surface area contributed by atoms with E-state index in [-0.39, 0.29) is 5.04 Å². The Morgan fingerprint density at radius 2 is 1.75 bits per heavy atom. The smallest absolute Gasteiger partial charge is 0.122 e. The molecule has 1 radical (unpaired) electrons. The molecule has 0 amide bonds. The van der Waals surface area contributed by atoms with Crippen molar-refractivity contribution in [3.8, 4) is 0 Å². The Labute approximate surface area is 52.7 Å². The van der Waals surface area contributed by atoms with Gasteiger partial charge in [0.15, 0.2) is 0 Å². The molecule has 47 valence electrons. The largest absolute Gasteiger partial charge is 0.303 e. The van der Waals surface area contributed by atoms with Gasteiger partial charge in [0, 0.05) is 5.04 Å². The maximum Gasteiger partial charge on any atom is 0.122 e. The van der Waals surface area contributed by atoms with Crippen molar-refractivity contribution in [1.29, 1.82) is 0 Å². The van der Waals surface area contributed by atoms with E-state index >= 15 is 0 Å². The summed E-state index contributed by atoms with van der Waals surface area (Å²) in [7, 11) is -0.430. The van der Waals surface area contributed by atoms with Crippen LogP contribution in [-0.2, 0) is 4.79 Å².